The zero-order chi connectivity index (χ0) is 14.9. The highest BCUT2D eigenvalue weighted by molar-refractivity contribution is 7.99. The lowest BCUT2D eigenvalue weighted by Gasteiger charge is -2.12. The van der Waals surface area contributed by atoms with Crippen molar-refractivity contribution in [2.45, 2.75) is 17.4 Å². The standard InChI is InChI=1S/C17H20N2OS/c18-16(14-7-3-1-4-8-14)13-17(20)19-11-12-21-15-9-5-2-6-10-15/h1-10,16H,11-13,18H2,(H,19,20). The van der Waals surface area contributed by atoms with Crippen LogP contribution in [0.3, 0.4) is 0 Å². The Balaban J connectivity index is 1.66. The quantitative estimate of drug-likeness (QED) is 0.610. The highest BCUT2D eigenvalue weighted by atomic mass is 32.2. The summed E-state index contributed by atoms with van der Waals surface area (Å²) in [6.45, 7) is 0.653. The van der Waals surface area contributed by atoms with Gasteiger partial charge in [-0.15, -0.1) is 11.8 Å². The van der Waals surface area contributed by atoms with Crippen LogP contribution in [0.25, 0.3) is 0 Å². The molecule has 21 heavy (non-hydrogen) atoms. The molecular weight excluding hydrogens is 280 g/mol. The second-order valence-corrected chi connectivity index (χ2v) is 5.90. The van der Waals surface area contributed by atoms with Crippen LogP contribution in [0.5, 0.6) is 0 Å². The summed E-state index contributed by atoms with van der Waals surface area (Å²) in [5.41, 5.74) is 7.02. The van der Waals surface area contributed by atoms with Gasteiger partial charge in [-0.05, 0) is 17.7 Å². The fourth-order valence-electron chi connectivity index (χ4n) is 1.97. The van der Waals surface area contributed by atoms with Crippen molar-refractivity contribution < 1.29 is 4.79 Å². The Morgan fingerprint density at radius 1 is 1.05 bits per heavy atom. The Labute approximate surface area is 129 Å². The molecular formula is C17H20N2OS. The van der Waals surface area contributed by atoms with Crippen molar-refractivity contribution in [2.75, 3.05) is 12.3 Å². The van der Waals surface area contributed by atoms with Gasteiger partial charge in [-0.3, -0.25) is 4.79 Å². The number of carbonyl (C=O) groups excluding carboxylic acids is 1. The third-order valence-corrected chi connectivity index (χ3v) is 4.08. The minimum Gasteiger partial charge on any atom is -0.355 e. The minimum absolute atomic E-state index is 0.0000136. The Bertz CT molecular complexity index is 545. The van der Waals surface area contributed by atoms with Gasteiger partial charge < -0.3 is 11.1 Å². The summed E-state index contributed by atoms with van der Waals surface area (Å²) in [5, 5.41) is 2.91. The molecule has 110 valence electrons. The van der Waals surface area contributed by atoms with Gasteiger partial charge in [-0.2, -0.15) is 0 Å². The maximum absolute atomic E-state index is 11.8. The summed E-state index contributed by atoms with van der Waals surface area (Å²) in [5.74, 6) is 0.857. The van der Waals surface area contributed by atoms with Gasteiger partial charge in [0.25, 0.3) is 0 Å². The lowest BCUT2D eigenvalue weighted by atomic mass is 10.0. The average Bonchev–Trinajstić information content (AvgIpc) is 2.53. The molecule has 1 atom stereocenters. The molecule has 2 aromatic rings. The Kier molecular flexibility index (Phi) is 6.31. The Morgan fingerprint density at radius 2 is 1.67 bits per heavy atom. The largest absolute Gasteiger partial charge is 0.355 e. The summed E-state index contributed by atoms with van der Waals surface area (Å²) in [6.07, 6.45) is 0.319. The van der Waals surface area contributed by atoms with Gasteiger partial charge in [0.2, 0.25) is 5.91 Å². The second-order valence-electron chi connectivity index (χ2n) is 4.73. The van der Waals surface area contributed by atoms with E-state index < -0.39 is 0 Å². The second kappa shape index (κ2) is 8.49. The predicted molar refractivity (Wildman–Crippen MR) is 88.2 cm³/mol. The van der Waals surface area contributed by atoms with Crippen molar-refractivity contribution in [1.29, 1.82) is 0 Å². The molecule has 1 amide bonds. The first-order valence-electron chi connectivity index (χ1n) is 7.01. The van der Waals surface area contributed by atoms with E-state index in [4.69, 9.17) is 5.73 Å². The van der Waals surface area contributed by atoms with Crippen molar-refractivity contribution in [2.24, 2.45) is 5.73 Å². The number of hydrogen-bond donors (Lipinski definition) is 2. The Morgan fingerprint density at radius 3 is 2.33 bits per heavy atom. The monoisotopic (exact) mass is 300 g/mol. The molecule has 0 saturated carbocycles. The molecule has 0 aliphatic rings. The minimum atomic E-state index is -0.243. The molecule has 0 spiro atoms. The number of benzene rings is 2. The molecule has 0 radical (unpaired) electrons. The van der Waals surface area contributed by atoms with Gasteiger partial charge in [0.05, 0.1) is 0 Å². The van der Waals surface area contributed by atoms with Crippen LogP contribution in [0, 0.1) is 0 Å². The fraction of sp³-hybridized carbons (Fsp3) is 0.235. The van der Waals surface area contributed by atoms with E-state index in [2.05, 4.69) is 17.4 Å². The summed E-state index contributed by atoms with van der Waals surface area (Å²) in [7, 11) is 0. The molecule has 2 aromatic carbocycles. The van der Waals surface area contributed by atoms with Crippen LogP contribution in [0.15, 0.2) is 65.6 Å². The highest BCUT2D eigenvalue weighted by Crippen LogP contribution is 2.16. The highest BCUT2D eigenvalue weighted by Gasteiger charge is 2.10. The van der Waals surface area contributed by atoms with Crippen molar-refractivity contribution in [3.8, 4) is 0 Å². The fourth-order valence-corrected chi connectivity index (χ4v) is 2.76. The van der Waals surface area contributed by atoms with E-state index >= 15 is 0 Å². The summed E-state index contributed by atoms with van der Waals surface area (Å²) >= 11 is 1.73. The molecule has 0 aromatic heterocycles. The van der Waals surface area contributed by atoms with Crippen LogP contribution in [0.1, 0.15) is 18.0 Å². The van der Waals surface area contributed by atoms with Crippen LogP contribution in [-0.4, -0.2) is 18.2 Å². The number of amides is 1. The third-order valence-electron chi connectivity index (χ3n) is 3.07. The van der Waals surface area contributed by atoms with E-state index in [1.54, 1.807) is 11.8 Å². The molecule has 4 heteroatoms. The van der Waals surface area contributed by atoms with Crippen LogP contribution < -0.4 is 11.1 Å². The average molecular weight is 300 g/mol. The predicted octanol–water partition coefficient (Wildman–Crippen LogP) is 2.99. The molecule has 0 fully saturated rings. The zero-order valence-corrected chi connectivity index (χ0v) is 12.7. The van der Waals surface area contributed by atoms with Crippen LogP contribution in [0.2, 0.25) is 0 Å². The SMILES string of the molecule is NC(CC(=O)NCCSc1ccccc1)c1ccccc1. The van der Waals surface area contributed by atoms with E-state index in [1.165, 1.54) is 4.90 Å². The Hall–Kier alpha value is -1.78. The maximum atomic E-state index is 11.8. The van der Waals surface area contributed by atoms with E-state index in [-0.39, 0.29) is 11.9 Å². The van der Waals surface area contributed by atoms with Gasteiger partial charge in [0.1, 0.15) is 0 Å². The lowest BCUT2D eigenvalue weighted by molar-refractivity contribution is -0.121. The molecule has 0 aliphatic heterocycles. The first-order valence-corrected chi connectivity index (χ1v) is 7.99. The molecule has 0 bridgehead atoms. The molecule has 0 saturated heterocycles. The molecule has 3 nitrogen and oxygen atoms in total. The van der Waals surface area contributed by atoms with Gasteiger partial charge in [-0.1, -0.05) is 48.5 Å². The number of rotatable bonds is 7. The molecule has 2 rings (SSSR count). The number of hydrogen-bond acceptors (Lipinski definition) is 3. The van der Waals surface area contributed by atoms with Crippen molar-refractivity contribution in [3.05, 3.63) is 66.2 Å². The topological polar surface area (TPSA) is 55.1 Å². The van der Waals surface area contributed by atoms with Crippen LogP contribution in [-0.2, 0) is 4.79 Å². The maximum Gasteiger partial charge on any atom is 0.221 e. The van der Waals surface area contributed by atoms with Gasteiger partial charge in [-0.25, -0.2) is 0 Å². The molecule has 0 heterocycles. The third kappa shape index (κ3) is 5.61. The zero-order valence-electron chi connectivity index (χ0n) is 11.9. The van der Waals surface area contributed by atoms with E-state index in [9.17, 15) is 4.79 Å². The summed E-state index contributed by atoms with van der Waals surface area (Å²) in [4.78, 5) is 13.1. The van der Waals surface area contributed by atoms with Crippen LogP contribution in [0.4, 0.5) is 0 Å². The molecule has 0 aliphatic carbocycles. The van der Waals surface area contributed by atoms with Crippen molar-refractivity contribution >= 4 is 17.7 Å². The van der Waals surface area contributed by atoms with E-state index in [0.29, 0.717) is 13.0 Å². The molecule has 1 unspecified atom stereocenters. The van der Waals surface area contributed by atoms with E-state index in [1.807, 2.05) is 48.5 Å². The van der Waals surface area contributed by atoms with Crippen molar-refractivity contribution in [3.63, 3.8) is 0 Å². The first kappa shape index (κ1) is 15.6. The van der Waals surface area contributed by atoms with Crippen LogP contribution >= 0.6 is 11.8 Å². The number of nitrogens with one attached hydrogen (secondary N) is 1. The van der Waals surface area contributed by atoms with Crippen molar-refractivity contribution in [1.82, 2.24) is 5.32 Å². The first-order chi connectivity index (χ1) is 10.3. The number of nitrogens with two attached hydrogens (primary N) is 1. The number of carbonyl (C=O) groups is 1. The summed E-state index contributed by atoms with van der Waals surface area (Å²) < 4.78 is 0. The van der Waals surface area contributed by atoms with Gasteiger partial charge in [0.15, 0.2) is 0 Å². The molecule has 3 N–H and O–H groups in total. The van der Waals surface area contributed by atoms with Gasteiger partial charge in [0, 0.05) is 29.7 Å². The normalized spacial score (nSPS) is 11.9. The smallest absolute Gasteiger partial charge is 0.221 e. The lowest BCUT2D eigenvalue weighted by Crippen LogP contribution is -2.29. The number of thioether (sulfide) groups is 1. The van der Waals surface area contributed by atoms with E-state index in [0.717, 1.165) is 11.3 Å². The van der Waals surface area contributed by atoms with Gasteiger partial charge >= 0.3 is 0 Å². The summed E-state index contributed by atoms with van der Waals surface area (Å²) in [6, 6.07) is 19.6.